The first-order valence-electron chi connectivity index (χ1n) is 7.34. The van der Waals surface area contributed by atoms with E-state index in [-0.39, 0.29) is 11.9 Å². The van der Waals surface area contributed by atoms with E-state index in [9.17, 15) is 9.50 Å². The van der Waals surface area contributed by atoms with Gasteiger partial charge in [-0.25, -0.2) is 4.39 Å². The Morgan fingerprint density at radius 2 is 2.25 bits per heavy atom. The average Bonchev–Trinajstić information content (AvgIpc) is 2.38. The van der Waals surface area contributed by atoms with Crippen LogP contribution in [0.1, 0.15) is 43.4 Å². The zero-order chi connectivity index (χ0) is 14.8. The number of hydrogen-bond donors (Lipinski definition) is 2. The van der Waals surface area contributed by atoms with Crippen LogP contribution in [0.5, 0.6) is 0 Å². The molecule has 0 aromatic heterocycles. The smallest absolute Gasteiger partial charge is 0.126 e. The summed E-state index contributed by atoms with van der Waals surface area (Å²) in [6.07, 6.45) is 2.65. The van der Waals surface area contributed by atoms with Crippen molar-refractivity contribution in [2.75, 3.05) is 19.6 Å². The van der Waals surface area contributed by atoms with Gasteiger partial charge in [-0.15, -0.1) is 0 Å². The number of β-amino-alcohol motifs (C(OH)–C–C–N with tert-alkyl or cyclic N) is 1. The van der Waals surface area contributed by atoms with Crippen LogP contribution >= 0.6 is 0 Å². The van der Waals surface area contributed by atoms with Crippen molar-refractivity contribution in [1.29, 1.82) is 0 Å². The van der Waals surface area contributed by atoms with E-state index in [1.807, 2.05) is 13.0 Å². The lowest BCUT2D eigenvalue weighted by Gasteiger charge is -2.37. The van der Waals surface area contributed by atoms with E-state index in [1.54, 1.807) is 13.0 Å². The Kier molecular flexibility index (Phi) is 4.78. The molecule has 112 valence electrons. The highest BCUT2D eigenvalue weighted by Crippen LogP contribution is 2.22. The van der Waals surface area contributed by atoms with E-state index in [1.165, 1.54) is 6.07 Å². The van der Waals surface area contributed by atoms with Crippen LogP contribution in [-0.4, -0.2) is 35.2 Å². The van der Waals surface area contributed by atoms with Gasteiger partial charge in [-0.3, -0.25) is 0 Å². The Balaban J connectivity index is 1.88. The first kappa shape index (κ1) is 15.4. The molecule has 0 amide bonds. The fraction of sp³-hybridized carbons (Fsp3) is 0.625. The van der Waals surface area contributed by atoms with Gasteiger partial charge >= 0.3 is 0 Å². The third kappa shape index (κ3) is 4.01. The maximum absolute atomic E-state index is 13.5. The molecule has 1 aliphatic heterocycles. The van der Waals surface area contributed by atoms with E-state index in [2.05, 4.69) is 4.90 Å². The number of nitrogens with zero attached hydrogens (tertiary/aromatic N) is 1. The Morgan fingerprint density at radius 1 is 1.50 bits per heavy atom. The van der Waals surface area contributed by atoms with Gasteiger partial charge in [0, 0.05) is 19.1 Å². The minimum Gasteiger partial charge on any atom is -0.389 e. The Morgan fingerprint density at radius 3 is 2.90 bits per heavy atom. The molecule has 0 saturated carbocycles. The van der Waals surface area contributed by atoms with Gasteiger partial charge < -0.3 is 15.7 Å². The number of halogens is 1. The molecule has 1 aromatic carbocycles. The molecule has 3 N–H and O–H groups in total. The third-order valence-electron chi connectivity index (χ3n) is 4.13. The molecule has 0 radical (unpaired) electrons. The summed E-state index contributed by atoms with van der Waals surface area (Å²) in [7, 11) is 0. The molecule has 0 aliphatic carbocycles. The largest absolute Gasteiger partial charge is 0.389 e. The van der Waals surface area contributed by atoms with Gasteiger partial charge in [-0.05, 0) is 56.8 Å². The molecule has 1 heterocycles. The van der Waals surface area contributed by atoms with Crippen molar-refractivity contribution in [3.05, 3.63) is 35.1 Å². The summed E-state index contributed by atoms with van der Waals surface area (Å²) in [4.78, 5) is 2.24. The molecule has 20 heavy (non-hydrogen) atoms. The lowest BCUT2D eigenvalue weighted by atomic mass is 9.94. The molecule has 1 aliphatic rings. The van der Waals surface area contributed by atoms with Crippen LogP contribution in [0.4, 0.5) is 4.39 Å². The van der Waals surface area contributed by atoms with Crippen molar-refractivity contribution in [3.8, 4) is 0 Å². The molecule has 1 aromatic rings. The van der Waals surface area contributed by atoms with Crippen molar-refractivity contribution in [1.82, 2.24) is 4.90 Å². The van der Waals surface area contributed by atoms with Crippen LogP contribution in [-0.2, 0) is 0 Å². The summed E-state index contributed by atoms with van der Waals surface area (Å²) >= 11 is 0. The molecule has 1 fully saturated rings. The predicted molar refractivity (Wildman–Crippen MR) is 79.0 cm³/mol. The summed E-state index contributed by atoms with van der Waals surface area (Å²) in [6.45, 7) is 6.18. The van der Waals surface area contributed by atoms with Crippen LogP contribution in [0.25, 0.3) is 0 Å². The lowest BCUT2D eigenvalue weighted by Crippen LogP contribution is -2.46. The number of hydrogen-bond acceptors (Lipinski definition) is 3. The maximum atomic E-state index is 13.5. The number of aliphatic hydroxyl groups is 1. The fourth-order valence-electron chi connectivity index (χ4n) is 2.84. The van der Waals surface area contributed by atoms with Crippen LogP contribution < -0.4 is 5.73 Å². The number of likely N-dealkylation sites (tertiary alicyclic amines) is 1. The molecule has 1 saturated heterocycles. The Hall–Kier alpha value is -0.970. The topological polar surface area (TPSA) is 49.5 Å². The van der Waals surface area contributed by atoms with Crippen LogP contribution in [0, 0.1) is 12.7 Å². The van der Waals surface area contributed by atoms with E-state index >= 15 is 0 Å². The highest BCUT2D eigenvalue weighted by molar-refractivity contribution is 5.25. The van der Waals surface area contributed by atoms with E-state index in [4.69, 9.17) is 5.73 Å². The van der Waals surface area contributed by atoms with Gasteiger partial charge in [-0.1, -0.05) is 12.1 Å². The highest BCUT2D eigenvalue weighted by Gasteiger charge is 2.28. The van der Waals surface area contributed by atoms with Crippen molar-refractivity contribution >= 4 is 0 Å². The number of rotatable bonds is 4. The molecular formula is C16H25FN2O. The summed E-state index contributed by atoms with van der Waals surface area (Å²) < 4.78 is 13.5. The summed E-state index contributed by atoms with van der Waals surface area (Å²) in [5.74, 6) is -0.196. The molecule has 4 heteroatoms. The molecule has 0 spiro atoms. The third-order valence-corrected chi connectivity index (χ3v) is 4.13. The number of nitrogens with two attached hydrogens (primary N) is 1. The first-order chi connectivity index (χ1) is 9.37. The normalized spacial score (nSPS) is 25.6. The Labute approximate surface area is 120 Å². The second-order valence-corrected chi connectivity index (χ2v) is 6.28. The molecule has 2 rings (SSSR count). The zero-order valence-electron chi connectivity index (χ0n) is 12.4. The molecule has 2 unspecified atom stereocenters. The molecule has 0 bridgehead atoms. The van der Waals surface area contributed by atoms with Crippen molar-refractivity contribution < 1.29 is 9.50 Å². The van der Waals surface area contributed by atoms with Crippen molar-refractivity contribution in [2.24, 2.45) is 5.73 Å². The quantitative estimate of drug-likeness (QED) is 0.890. The lowest BCUT2D eigenvalue weighted by molar-refractivity contribution is -0.0161. The minimum atomic E-state index is -0.585. The first-order valence-corrected chi connectivity index (χ1v) is 7.34. The van der Waals surface area contributed by atoms with Gasteiger partial charge in [0.05, 0.1) is 5.60 Å². The average molecular weight is 280 g/mol. The Bertz CT molecular complexity index is 462. The monoisotopic (exact) mass is 280 g/mol. The van der Waals surface area contributed by atoms with Crippen LogP contribution in [0.2, 0.25) is 0 Å². The maximum Gasteiger partial charge on any atom is 0.126 e. The summed E-state index contributed by atoms with van der Waals surface area (Å²) in [5, 5.41) is 10.1. The standard InChI is InChI=1S/C16H25FN2O/c1-12-4-5-13(10-14(12)17)15(18)6-9-19-8-3-7-16(2,20)11-19/h4-5,10,15,20H,3,6-9,11,18H2,1-2H3. The summed E-state index contributed by atoms with van der Waals surface area (Å²) in [5.41, 5.74) is 7.05. The van der Waals surface area contributed by atoms with Crippen LogP contribution in [0.15, 0.2) is 18.2 Å². The minimum absolute atomic E-state index is 0.156. The van der Waals surface area contributed by atoms with Crippen molar-refractivity contribution in [3.63, 3.8) is 0 Å². The van der Waals surface area contributed by atoms with Crippen LogP contribution in [0.3, 0.4) is 0 Å². The predicted octanol–water partition coefficient (Wildman–Crippen LogP) is 2.37. The van der Waals surface area contributed by atoms with E-state index < -0.39 is 5.60 Å². The van der Waals surface area contributed by atoms with Gasteiger partial charge in [0.25, 0.3) is 0 Å². The zero-order valence-corrected chi connectivity index (χ0v) is 12.4. The second kappa shape index (κ2) is 6.20. The van der Waals surface area contributed by atoms with Gasteiger partial charge in [0.1, 0.15) is 5.82 Å². The second-order valence-electron chi connectivity index (χ2n) is 6.28. The molecule has 3 nitrogen and oxygen atoms in total. The number of piperidine rings is 1. The summed E-state index contributed by atoms with van der Waals surface area (Å²) in [6, 6.07) is 5.05. The highest BCUT2D eigenvalue weighted by atomic mass is 19.1. The number of aryl methyl sites for hydroxylation is 1. The van der Waals surface area contributed by atoms with E-state index in [0.29, 0.717) is 12.1 Å². The number of benzene rings is 1. The SMILES string of the molecule is Cc1ccc(C(N)CCN2CCCC(C)(O)C2)cc1F. The van der Waals surface area contributed by atoms with Gasteiger partial charge in [0.2, 0.25) is 0 Å². The fourth-order valence-corrected chi connectivity index (χ4v) is 2.84. The van der Waals surface area contributed by atoms with Gasteiger partial charge in [0.15, 0.2) is 0 Å². The molecular weight excluding hydrogens is 255 g/mol. The van der Waals surface area contributed by atoms with Crippen molar-refractivity contribution in [2.45, 2.75) is 44.8 Å². The van der Waals surface area contributed by atoms with Gasteiger partial charge in [-0.2, -0.15) is 0 Å². The van der Waals surface area contributed by atoms with E-state index in [0.717, 1.165) is 37.9 Å². The molecule has 2 atom stereocenters.